The van der Waals surface area contributed by atoms with Gasteiger partial charge in [-0.2, -0.15) is 0 Å². The van der Waals surface area contributed by atoms with Crippen molar-refractivity contribution in [1.82, 2.24) is 20.4 Å². The number of nitrogens with one attached hydrogen (secondary N) is 2. The number of nitrogens with zero attached hydrogens (tertiary/aromatic N) is 2. The van der Waals surface area contributed by atoms with Crippen LogP contribution in [0.25, 0.3) is 0 Å². The monoisotopic (exact) mass is 376 g/mol. The Morgan fingerprint density at radius 2 is 1.48 bits per heavy atom. The van der Waals surface area contributed by atoms with E-state index in [4.69, 9.17) is 0 Å². The van der Waals surface area contributed by atoms with E-state index in [1.165, 1.54) is 11.5 Å². The topological polar surface area (TPSA) is 84.0 Å². The highest BCUT2D eigenvalue weighted by Gasteiger charge is 2.64. The second kappa shape index (κ2) is 5.99. The fraction of sp³-hybridized carbons (Fsp3) is 0.200. The number of carbonyl (C=O) groups is 2. The van der Waals surface area contributed by atoms with Crippen molar-refractivity contribution in [2.24, 2.45) is 5.41 Å². The summed E-state index contributed by atoms with van der Waals surface area (Å²) >= 11 is 1.27. The highest BCUT2D eigenvalue weighted by molar-refractivity contribution is 7.05. The lowest BCUT2D eigenvalue weighted by Crippen LogP contribution is -2.50. The average molecular weight is 376 g/mol. The summed E-state index contributed by atoms with van der Waals surface area (Å²) in [6.07, 6.45) is 0.500. The third kappa shape index (κ3) is 2.18. The second-order valence-corrected chi connectivity index (χ2v) is 7.66. The molecule has 7 heteroatoms. The average Bonchev–Trinajstić information content (AvgIpc) is 3.29. The van der Waals surface area contributed by atoms with Gasteiger partial charge in [0, 0.05) is 18.3 Å². The molecular weight excluding hydrogens is 360 g/mol. The number of hydrogen-bond acceptors (Lipinski definition) is 5. The molecule has 0 bridgehead atoms. The van der Waals surface area contributed by atoms with Crippen LogP contribution in [0.4, 0.5) is 0 Å². The van der Waals surface area contributed by atoms with E-state index in [-0.39, 0.29) is 17.7 Å². The normalized spacial score (nSPS) is 23.0. The van der Waals surface area contributed by atoms with E-state index < -0.39 is 11.3 Å². The van der Waals surface area contributed by atoms with E-state index in [0.717, 1.165) is 21.7 Å². The molecule has 2 amide bonds. The lowest BCUT2D eigenvalue weighted by Gasteiger charge is -2.42. The largest absolute Gasteiger partial charge is 0.272 e. The highest BCUT2D eigenvalue weighted by atomic mass is 32.1. The van der Waals surface area contributed by atoms with Crippen LogP contribution in [0.1, 0.15) is 33.5 Å². The number of hydrogen-bond donors (Lipinski definition) is 2. The fourth-order valence-electron chi connectivity index (χ4n) is 4.47. The molecule has 0 saturated carbocycles. The predicted molar refractivity (Wildman–Crippen MR) is 99.8 cm³/mol. The Hall–Kier alpha value is -3.06. The minimum atomic E-state index is -1.27. The standard InChI is InChI=1S/C20H16N4O2S/c25-18-20(19(26)23-22-18)14(12-7-3-1-4-8-12)11-15-17(27-24-21-15)16(20)13-9-5-2-6-10-13/h1-10,14,16H,11H2,(H,22,25)(H,23,26). The number of rotatable bonds is 2. The molecule has 27 heavy (non-hydrogen) atoms. The molecule has 2 heterocycles. The van der Waals surface area contributed by atoms with Gasteiger partial charge in [0.15, 0.2) is 0 Å². The van der Waals surface area contributed by atoms with Gasteiger partial charge in [0.25, 0.3) is 11.8 Å². The molecule has 0 radical (unpaired) electrons. The molecule has 134 valence electrons. The summed E-state index contributed by atoms with van der Waals surface area (Å²) in [5.41, 5.74) is 6.61. The van der Waals surface area contributed by atoms with E-state index in [1.54, 1.807) is 0 Å². The van der Waals surface area contributed by atoms with Gasteiger partial charge in [-0.1, -0.05) is 65.2 Å². The zero-order chi connectivity index (χ0) is 18.4. The first kappa shape index (κ1) is 16.1. The number of benzene rings is 2. The SMILES string of the molecule is O=C1NNC(=O)C12C(c1ccccc1)Cc1nnsc1C2c1ccccc1. The maximum absolute atomic E-state index is 13.2. The minimum Gasteiger partial charge on any atom is -0.272 e. The van der Waals surface area contributed by atoms with Gasteiger partial charge in [-0.05, 0) is 22.7 Å². The van der Waals surface area contributed by atoms with Crippen molar-refractivity contribution < 1.29 is 9.59 Å². The first-order valence-electron chi connectivity index (χ1n) is 8.75. The zero-order valence-electron chi connectivity index (χ0n) is 14.3. The van der Waals surface area contributed by atoms with Gasteiger partial charge in [0.2, 0.25) is 0 Å². The van der Waals surface area contributed by atoms with Crippen molar-refractivity contribution in [2.45, 2.75) is 18.3 Å². The van der Waals surface area contributed by atoms with Crippen LogP contribution in [0.15, 0.2) is 60.7 Å². The summed E-state index contributed by atoms with van der Waals surface area (Å²) in [7, 11) is 0. The van der Waals surface area contributed by atoms with Crippen LogP contribution in [-0.2, 0) is 16.0 Å². The molecule has 2 N–H and O–H groups in total. The summed E-state index contributed by atoms with van der Waals surface area (Å²) < 4.78 is 4.14. The first-order chi connectivity index (χ1) is 13.2. The van der Waals surface area contributed by atoms with Gasteiger partial charge in [0.1, 0.15) is 5.41 Å². The molecule has 2 atom stereocenters. The maximum atomic E-state index is 13.2. The Kier molecular flexibility index (Phi) is 3.58. The van der Waals surface area contributed by atoms with E-state index in [1.807, 2.05) is 60.7 Å². The zero-order valence-corrected chi connectivity index (χ0v) is 15.1. The number of hydrazine groups is 1. The quantitative estimate of drug-likeness (QED) is 0.672. The van der Waals surface area contributed by atoms with E-state index in [9.17, 15) is 9.59 Å². The molecule has 1 spiro atoms. The number of amides is 2. The second-order valence-electron chi connectivity index (χ2n) is 6.87. The molecule has 5 rings (SSSR count). The van der Waals surface area contributed by atoms with E-state index >= 15 is 0 Å². The van der Waals surface area contributed by atoms with E-state index in [2.05, 4.69) is 20.4 Å². The molecule has 6 nitrogen and oxygen atoms in total. The molecule has 1 aromatic heterocycles. The number of carbonyl (C=O) groups excluding carboxylic acids is 2. The summed E-state index contributed by atoms with van der Waals surface area (Å²) in [4.78, 5) is 27.3. The van der Waals surface area contributed by atoms with Crippen LogP contribution >= 0.6 is 11.5 Å². The molecule has 2 aliphatic rings. The smallest absolute Gasteiger partial charge is 0.255 e. The number of aromatic nitrogens is 2. The van der Waals surface area contributed by atoms with Crippen LogP contribution in [0.3, 0.4) is 0 Å². The lowest BCUT2D eigenvalue weighted by atomic mass is 9.57. The summed E-state index contributed by atoms with van der Waals surface area (Å²) in [5.74, 6) is -1.36. The lowest BCUT2D eigenvalue weighted by molar-refractivity contribution is -0.139. The van der Waals surface area contributed by atoms with Crippen molar-refractivity contribution in [2.75, 3.05) is 0 Å². The van der Waals surface area contributed by atoms with Crippen LogP contribution in [0, 0.1) is 5.41 Å². The minimum absolute atomic E-state index is 0.297. The Balaban J connectivity index is 1.82. The van der Waals surface area contributed by atoms with Gasteiger partial charge >= 0.3 is 0 Å². The van der Waals surface area contributed by atoms with Gasteiger partial charge in [-0.25, -0.2) is 0 Å². The molecule has 1 aliphatic heterocycles. The first-order valence-corrected chi connectivity index (χ1v) is 9.52. The third-order valence-corrected chi connectivity index (χ3v) is 6.46. The van der Waals surface area contributed by atoms with Gasteiger partial charge < -0.3 is 0 Å². The molecule has 2 unspecified atom stereocenters. The van der Waals surface area contributed by atoms with Crippen molar-refractivity contribution in [3.8, 4) is 0 Å². The van der Waals surface area contributed by atoms with Gasteiger partial charge in [-0.15, -0.1) is 5.10 Å². The van der Waals surface area contributed by atoms with Crippen LogP contribution in [0.5, 0.6) is 0 Å². The van der Waals surface area contributed by atoms with E-state index in [0.29, 0.717) is 6.42 Å². The summed E-state index contributed by atoms with van der Waals surface area (Å²) in [5, 5.41) is 4.32. The van der Waals surface area contributed by atoms with Crippen LogP contribution in [-0.4, -0.2) is 21.4 Å². The molecule has 1 aliphatic carbocycles. The molecule has 3 aromatic rings. The maximum Gasteiger partial charge on any atom is 0.255 e. The summed E-state index contributed by atoms with van der Waals surface area (Å²) in [6.45, 7) is 0. The van der Waals surface area contributed by atoms with Crippen molar-refractivity contribution in [1.29, 1.82) is 0 Å². The fourth-order valence-corrected chi connectivity index (χ4v) is 5.35. The Morgan fingerprint density at radius 1 is 0.889 bits per heavy atom. The van der Waals surface area contributed by atoms with Crippen molar-refractivity contribution >= 4 is 23.3 Å². The van der Waals surface area contributed by atoms with Crippen molar-refractivity contribution in [3.05, 3.63) is 82.4 Å². The van der Waals surface area contributed by atoms with Crippen LogP contribution in [0.2, 0.25) is 0 Å². The highest BCUT2D eigenvalue weighted by Crippen LogP contribution is 2.57. The number of fused-ring (bicyclic) bond motifs is 1. The Bertz CT molecular complexity index is 1000. The Labute approximate surface area is 159 Å². The molecule has 1 saturated heterocycles. The Morgan fingerprint density at radius 3 is 2.11 bits per heavy atom. The van der Waals surface area contributed by atoms with Crippen LogP contribution < -0.4 is 10.9 Å². The summed E-state index contributed by atoms with van der Waals surface area (Å²) in [6, 6.07) is 19.4. The molecule has 2 aromatic carbocycles. The van der Waals surface area contributed by atoms with Crippen molar-refractivity contribution in [3.63, 3.8) is 0 Å². The van der Waals surface area contributed by atoms with Gasteiger partial charge in [-0.3, -0.25) is 20.4 Å². The molecule has 1 fully saturated rings. The third-order valence-electron chi connectivity index (χ3n) is 5.63. The molecular formula is C20H16N4O2S. The predicted octanol–water partition coefficient (Wildman–Crippen LogP) is 2.16. The van der Waals surface area contributed by atoms with Gasteiger partial charge in [0.05, 0.1) is 10.6 Å².